The van der Waals surface area contributed by atoms with E-state index in [0.29, 0.717) is 24.5 Å². The molecule has 6 heteroatoms. The maximum atomic E-state index is 12.5. The molecule has 2 heterocycles. The van der Waals surface area contributed by atoms with E-state index in [9.17, 15) is 4.79 Å². The van der Waals surface area contributed by atoms with Crippen molar-refractivity contribution in [2.45, 2.75) is 25.6 Å². The molecule has 0 aliphatic carbocycles. The summed E-state index contributed by atoms with van der Waals surface area (Å²) in [4.78, 5) is 21.6. The molecule has 0 radical (unpaired) electrons. The summed E-state index contributed by atoms with van der Waals surface area (Å²) in [7, 11) is 1.80. The van der Waals surface area contributed by atoms with Crippen LogP contribution in [0.1, 0.15) is 17.0 Å². The molecule has 0 bridgehead atoms. The van der Waals surface area contributed by atoms with Gasteiger partial charge in [0.1, 0.15) is 0 Å². The minimum atomic E-state index is -0.228. The lowest BCUT2D eigenvalue weighted by Gasteiger charge is -2.27. The molecule has 1 unspecified atom stereocenters. The van der Waals surface area contributed by atoms with Crippen molar-refractivity contribution in [2.75, 3.05) is 7.05 Å². The van der Waals surface area contributed by atoms with Gasteiger partial charge in [-0.25, -0.2) is 4.98 Å². The number of nitrogens with zero attached hydrogens (tertiary/aromatic N) is 2. The Morgan fingerprint density at radius 1 is 1.48 bits per heavy atom. The average molecular weight is 305 g/mol. The normalized spacial score (nSPS) is 17.3. The molecule has 0 spiro atoms. The highest BCUT2D eigenvalue weighted by atomic mass is 35.5. The molecule has 110 valence electrons. The molecule has 1 aliphatic heterocycles. The molecule has 5 nitrogen and oxygen atoms in total. The molecule has 1 aromatic carbocycles. The van der Waals surface area contributed by atoms with Crippen LogP contribution in [-0.4, -0.2) is 33.9 Å². The third kappa shape index (κ3) is 2.94. The van der Waals surface area contributed by atoms with E-state index < -0.39 is 0 Å². The summed E-state index contributed by atoms with van der Waals surface area (Å²) < 4.78 is 0. The molecule has 0 fully saturated rings. The lowest BCUT2D eigenvalue weighted by molar-refractivity contribution is -0.132. The Bertz CT molecular complexity index is 655. The standard InChI is InChI=1S/C15H17ClN4O/c1-20(8-10-4-2-3-5-11(10)16)15(21)13-6-12-14(7-17-13)19-9-18-12/h2-5,9,13,17H,6-8H2,1H3,(H,18,19). The van der Waals surface area contributed by atoms with E-state index in [4.69, 9.17) is 11.6 Å². The quantitative estimate of drug-likeness (QED) is 0.908. The first-order chi connectivity index (χ1) is 10.1. The zero-order valence-electron chi connectivity index (χ0n) is 11.8. The van der Waals surface area contributed by atoms with Crippen LogP contribution in [0.5, 0.6) is 0 Å². The number of fused-ring (bicyclic) bond motifs is 1. The Morgan fingerprint density at radius 3 is 3.10 bits per heavy atom. The van der Waals surface area contributed by atoms with E-state index in [-0.39, 0.29) is 11.9 Å². The number of hydrogen-bond donors (Lipinski definition) is 2. The Balaban J connectivity index is 1.67. The summed E-state index contributed by atoms with van der Waals surface area (Å²) in [5, 5.41) is 3.93. The molecule has 1 atom stereocenters. The van der Waals surface area contributed by atoms with Crippen molar-refractivity contribution in [1.82, 2.24) is 20.2 Å². The number of hydrogen-bond acceptors (Lipinski definition) is 3. The molecule has 3 rings (SSSR count). The number of aromatic amines is 1. The molecule has 1 amide bonds. The molecule has 21 heavy (non-hydrogen) atoms. The lowest BCUT2D eigenvalue weighted by Crippen LogP contribution is -2.48. The topological polar surface area (TPSA) is 61.0 Å². The summed E-state index contributed by atoms with van der Waals surface area (Å²) in [6.07, 6.45) is 2.29. The van der Waals surface area contributed by atoms with Gasteiger partial charge in [0.25, 0.3) is 0 Å². The summed E-state index contributed by atoms with van der Waals surface area (Å²) >= 11 is 6.14. The Hall–Kier alpha value is -1.85. The highest BCUT2D eigenvalue weighted by Crippen LogP contribution is 2.18. The van der Waals surface area contributed by atoms with Gasteiger partial charge < -0.3 is 9.88 Å². The van der Waals surface area contributed by atoms with Crippen LogP contribution >= 0.6 is 11.6 Å². The van der Waals surface area contributed by atoms with Gasteiger partial charge in [0.15, 0.2) is 0 Å². The van der Waals surface area contributed by atoms with Crippen LogP contribution in [-0.2, 0) is 24.3 Å². The summed E-state index contributed by atoms with van der Waals surface area (Å²) in [6.45, 7) is 1.15. The van der Waals surface area contributed by atoms with Crippen LogP contribution in [0.3, 0.4) is 0 Å². The zero-order chi connectivity index (χ0) is 14.8. The van der Waals surface area contributed by atoms with Gasteiger partial charge in [0.05, 0.1) is 23.8 Å². The SMILES string of the molecule is CN(Cc1ccccc1Cl)C(=O)C1Cc2nc[nH]c2CN1. The largest absolute Gasteiger partial charge is 0.347 e. The minimum absolute atomic E-state index is 0.0589. The molecule has 0 saturated carbocycles. The number of halogens is 1. The minimum Gasteiger partial charge on any atom is -0.347 e. The van der Waals surface area contributed by atoms with Crippen LogP contribution < -0.4 is 5.32 Å². The van der Waals surface area contributed by atoms with Gasteiger partial charge in [-0.05, 0) is 11.6 Å². The fraction of sp³-hybridized carbons (Fsp3) is 0.333. The predicted molar refractivity (Wildman–Crippen MR) is 80.8 cm³/mol. The molecule has 1 aliphatic rings. The monoisotopic (exact) mass is 304 g/mol. The second kappa shape index (κ2) is 5.87. The number of carbonyl (C=O) groups is 1. The molecular weight excluding hydrogens is 288 g/mol. The number of likely N-dealkylation sites (N-methyl/N-ethyl adjacent to an activating group) is 1. The first-order valence-corrected chi connectivity index (χ1v) is 7.26. The van der Waals surface area contributed by atoms with Crippen molar-refractivity contribution >= 4 is 17.5 Å². The smallest absolute Gasteiger partial charge is 0.240 e. The van der Waals surface area contributed by atoms with E-state index in [0.717, 1.165) is 17.0 Å². The molecular formula is C15H17ClN4O. The number of imidazole rings is 1. The fourth-order valence-electron chi connectivity index (χ4n) is 2.57. The molecule has 2 N–H and O–H groups in total. The number of benzene rings is 1. The van der Waals surface area contributed by atoms with Gasteiger partial charge >= 0.3 is 0 Å². The molecule has 2 aromatic rings. The average Bonchev–Trinajstić information content (AvgIpc) is 2.96. The first-order valence-electron chi connectivity index (χ1n) is 6.88. The first kappa shape index (κ1) is 14.1. The molecule has 1 aromatic heterocycles. The number of carbonyl (C=O) groups excluding carboxylic acids is 1. The zero-order valence-corrected chi connectivity index (χ0v) is 12.5. The van der Waals surface area contributed by atoms with Crippen LogP contribution in [0.25, 0.3) is 0 Å². The maximum absolute atomic E-state index is 12.5. The van der Waals surface area contributed by atoms with Gasteiger partial charge in [-0.15, -0.1) is 0 Å². The summed E-state index contributed by atoms with van der Waals surface area (Å²) in [6, 6.07) is 7.36. The Labute approximate surface area is 128 Å². The summed E-state index contributed by atoms with van der Waals surface area (Å²) in [5.41, 5.74) is 2.98. The van der Waals surface area contributed by atoms with Crippen LogP contribution in [0.4, 0.5) is 0 Å². The molecule has 0 saturated heterocycles. The number of H-pyrrole nitrogens is 1. The van der Waals surface area contributed by atoms with Crippen molar-refractivity contribution in [2.24, 2.45) is 0 Å². The summed E-state index contributed by atoms with van der Waals surface area (Å²) in [5.74, 6) is 0.0589. The third-order valence-electron chi connectivity index (χ3n) is 3.77. The Morgan fingerprint density at radius 2 is 2.29 bits per heavy atom. The van der Waals surface area contributed by atoms with E-state index in [1.807, 2.05) is 24.3 Å². The van der Waals surface area contributed by atoms with Crippen molar-refractivity contribution in [3.63, 3.8) is 0 Å². The van der Waals surface area contributed by atoms with E-state index in [2.05, 4.69) is 15.3 Å². The number of amides is 1. The predicted octanol–water partition coefficient (Wildman–Crippen LogP) is 1.74. The third-order valence-corrected chi connectivity index (χ3v) is 4.14. The van der Waals surface area contributed by atoms with Crippen molar-refractivity contribution < 1.29 is 4.79 Å². The number of rotatable bonds is 3. The Kier molecular flexibility index (Phi) is 3.94. The number of nitrogens with one attached hydrogen (secondary N) is 2. The van der Waals surface area contributed by atoms with Gasteiger partial charge in [-0.3, -0.25) is 10.1 Å². The van der Waals surface area contributed by atoms with Crippen LogP contribution in [0.2, 0.25) is 5.02 Å². The van der Waals surface area contributed by atoms with E-state index >= 15 is 0 Å². The van der Waals surface area contributed by atoms with Crippen molar-refractivity contribution in [1.29, 1.82) is 0 Å². The van der Waals surface area contributed by atoms with Gasteiger partial charge in [0.2, 0.25) is 5.91 Å². The van der Waals surface area contributed by atoms with Gasteiger partial charge in [-0.1, -0.05) is 29.8 Å². The van der Waals surface area contributed by atoms with Crippen LogP contribution in [0, 0.1) is 0 Å². The van der Waals surface area contributed by atoms with Crippen LogP contribution in [0.15, 0.2) is 30.6 Å². The second-order valence-corrected chi connectivity index (χ2v) is 5.66. The van der Waals surface area contributed by atoms with Crippen molar-refractivity contribution in [3.05, 3.63) is 52.6 Å². The highest BCUT2D eigenvalue weighted by Gasteiger charge is 2.28. The number of aromatic nitrogens is 2. The lowest BCUT2D eigenvalue weighted by atomic mass is 10.0. The maximum Gasteiger partial charge on any atom is 0.240 e. The van der Waals surface area contributed by atoms with E-state index in [1.165, 1.54) is 0 Å². The van der Waals surface area contributed by atoms with E-state index in [1.54, 1.807) is 18.3 Å². The fourth-order valence-corrected chi connectivity index (χ4v) is 2.77. The highest BCUT2D eigenvalue weighted by molar-refractivity contribution is 6.31. The van der Waals surface area contributed by atoms with Gasteiger partial charge in [0, 0.05) is 31.6 Å². The van der Waals surface area contributed by atoms with Gasteiger partial charge in [-0.2, -0.15) is 0 Å². The second-order valence-electron chi connectivity index (χ2n) is 5.25. The van der Waals surface area contributed by atoms with Crippen molar-refractivity contribution in [3.8, 4) is 0 Å².